The zero-order valence-electron chi connectivity index (χ0n) is 5.88. The van der Waals surface area contributed by atoms with Crippen molar-refractivity contribution >= 4 is 5.95 Å². The Kier molecular flexibility index (Phi) is 1.47. The van der Waals surface area contributed by atoms with E-state index in [1.165, 1.54) is 0 Å². The molecule has 11 heavy (non-hydrogen) atoms. The van der Waals surface area contributed by atoms with Gasteiger partial charge in [0.2, 0.25) is 5.95 Å². The topological polar surface area (TPSA) is 53.7 Å². The SMILES string of the molecule is c1cnc(N2CCN=N2)nc1. The zero-order chi connectivity index (χ0) is 7.52. The van der Waals surface area contributed by atoms with Crippen molar-refractivity contribution in [3.05, 3.63) is 18.5 Å². The third-order valence-corrected chi connectivity index (χ3v) is 1.37. The molecule has 0 radical (unpaired) electrons. The van der Waals surface area contributed by atoms with E-state index in [-0.39, 0.29) is 0 Å². The Morgan fingerprint density at radius 3 is 2.73 bits per heavy atom. The Morgan fingerprint density at radius 1 is 1.27 bits per heavy atom. The summed E-state index contributed by atoms with van der Waals surface area (Å²) >= 11 is 0. The van der Waals surface area contributed by atoms with Crippen LogP contribution in [-0.4, -0.2) is 23.1 Å². The second-order valence-corrected chi connectivity index (χ2v) is 2.13. The van der Waals surface area contributed by atoms with Crippen LogP contribution in [0.1, 0.15) is 0 Å². The van der Waals surface area contributed by atoms with Crippen LogP contribution in [0.4, 0.5) is 5.95 Å². The quantitative estimate of drug-likeness (QED) is 0.589. The standard InChI is InChI=1S/C6H7N5/c1-2-7-6(8-3-1)11-5-4-9-10-11/h1-3H,4-5H2. The number of nitrogens with zero attached hydrogens (tertiary/aromatic N) is 5. The third kappa shape index (κ3) is 1.17. The van der Waals surface area contributed by atoms with Crippen LogP contribution in [0.2, 0.25) is 0 Å². The van der Waals surface area contributed by atoms with E-state index in [1.807, 2.05) is 0 Å². The molecule has 0 aliphatic carbocycles. The van der Waals surface area contributed by atoms with E-state index in [1.54, 1.807) is 23.5 Å². The van der Waals surface area contributed by atoms with Crippen LogP contribution in [0.3, 0.4) is 0 Å². The zero-order valence-corrected chi connectivity index (χ0v) is 5.88. The highest BCUT2D eigenvalue weighted by molar-refractivity contribution is 5.26. The van der Waals surface area contributed by atoms with E-state index in [0.29, 0.717) is 5.95 Å². The summed E-state index contributed by atoms with van der Waals surface area (Å²) in [6.07, 6.45) is 3.38. The first-order valence-electron chi connectivity index (χ1n) is 3.39. The van der Waals surface area contributed by atoms with Gasteiger partial charge in [0, 0.05) is 12.4 Å². The summed E-state index contributed by atoms with van der Waals surface area (Å²) < 4.78 is 0. The molecule has 0 fully saturated rings. The molecule has 2 rings (SSSR count). The van der Waals surface area contributed by atoms with Crippen LogP contribution in [0.15, 0.2) is 28.8 Å². The molecule has 1 aromatic heterocycles. The Hall–Kier alpha value is -1.52. The van der Waals surface area contributed by atoms with Crippen molar-refractivity contribution in [3.8, 4) is 0 Å². The molecule has 0 spiro atoms. The minimum absolute atomic E-state index is 0.619. The number of hydrogen-bond acceptors (Lipinski definition) is 5. The summed E-state index contributed by atoms with van der Waals surface area (Å²) in [6.45, 7) is 1.52. The highest BCUT2D eigenvalue weighted by Gasteiger charge is 2.10. The maximum Gasteiger partial charge on any atom is 0.247 e. The van der Waals surface area contributed by atoms with Crippen molar-refractivity contribution in [3.63, 3.8) is 0 Å². The van der Waals surface area contributed by atoms with E-state index in [2.05, 4.69) is 20.3 Å². The average Bonchev–Trinajstić information content (AvgIpc) is 2.58. The van der Waals surface area contributed by atoms with Gasteiger partial charge in [-0.1, -0.05) is 5.22 Å². The van der Waals surface area contributed by atoms with Gasteiger partial charge in [-0.25, -0.2) is 15.0 Å². The monoisotopic (exact) mass is 149 g/mol. The first-order valence-corrected chi connectivity index (χ1v) is 3.39. The van der Waals surface area contributed by atoms with E-state index < -0.39 is 0 Å². The molecule has 1 aromatic rings. The summed E-state index contributed by atoms with van der Waals surface area (Å²) in [5.41, 5.74) is 0. The summed E-state index contributed by atoms with van der Waals surface area (Å²) in [5.74, 6) is 0.619. The Morgan fingerprint density at radius 2 is 2.09 bits per heavy atom. The van der Waals surface area contributed by atoms with Gasteiger partial charge in [0.1, 0.15) is 0 Å². The number of rotatable bonds is 1. The van der Waals surface area contributed by atoms with E-state index in [0.717, 1.165) is 13.1 Å². The largest absolute Gasteiger partial charge is 0.247 e. The lowest BCUT2D eigenvalue weighted by atomic mass is 10.6. The van der Waals surface area contributed by atoms with Crippen molar-refractivity contribution < 1.29 is 0 Å². The van der Waals surface area contributed by atoms with Crippen molar-refractivity contribution in [1.82, 2.24) is 9.97 Å². The minimum atomic E-state index is 0.619. The van der Waals surface area contributed by atoms with Gasteiger partial charge in [0.05, 0.1) is 13.1 Å². The molecule has 1 aliphatic rings. The normalized spacial score (nSPS) is 15.8. The highest BCUT2D eigenvalue weighted by atomic mass is 15.6. The summed E-state index contributed by atoms with van der Waals surface area (Å²) in [4.78, 5) is 8.04. The predicted octanol–water partition coefficient (Wildman–Crippen LogP) is 0.664. The highest BCUT2D eigenvalue weighted by Crippen LogP contribution is 2.08. The lowest BCUT2D eigenvalue weighted by Crippen LogP contribution is -2.16. The molecule has 0 saturated heterocycles. The van der Waals surface area contributed by atoms with Crippen LogP contribution >= 0.6 is 0 Å². The van der Waals surface area contributed by atoms with Gasteiger partial charge in [-0.05, 0) is 6.07 Å². The summed E-state index contributed by atoms with van der Waals surface area (Å²) in [7, 11) is 0. The number of anilines is 1. The molecule has 0 amide bonds. The van der Waals surface area contributed by atoms with E-state index in [4.69, 9.17) is 0 Å². The van der Waals surface area contributed by atoms with Gasteiger partial charge in [0.15, 0.2) is 0 Å². The molecule has 0 bridgehead atoms. The van der Waals surface area contributed by atoms with Crippen molar-refractivity contribution in [2.45, 2.75) is 0 Å². The minimum Gasteiger partial charge on any atom is -0.220 e. The molecule has 5 heteroatoms. The van der Waals surface area contributed by atoms with Crippen LogP contribution in [0, 0.1) is 0 Å². The maximum atomic E-state index is 4.02. The second kappa shape index (κ2) is 2.61. The van der Waals surface area contributed by atoms with Crippen LogP contribution in [0.5, 0.6) is 0 Å². The number of aromatic nitrogens is 2. The van der Waals surface area contributed by atoms with Gasteiger partial charge in [-0.15, -0.1) is 0 Å². The Balaban J connectivity index is 2.23. The smallest absolute Gasteiger partial charge is 0.220 e. The van der Waals surface area contributed by atoms with Gasteiger partial charge in [0.25, 0.3) is 0 Å². The lowest BCUT2D eigenvalue weighted by molar-refractivity contribution is 0.878. The van der Waals surface area contributed by atoms with Crippen molar-refractivity contribution in [1.29, 1.82) is 0 Å². The molecule has 0 unspecified atom stereocenters. The Labute approximate surface area is 63.8 Å². The summed E-state index contributed by atoms with van der Waals surface area (Å²) in [5, 5.41) is 9.33. The van der Waals surface area contributed by atoms with E-state index in [9.17, 15) is 0 Å². The average molecular weight is 149 g/mol. The first-order chi connectivity index (χ1) is 5.47. The maximum absolute atomic E-state index is 4.02. The first kappa shape index (κ1) is 6.21. The van der Waals surface area contributed by atoms with Crippen LogP contribution < -0.4 is 5.01 Å². The van der Waals surface area contributed by atoms with Crippen LogP contribution in [0.25, 0.3) is 0 Å². The molecule has 56 valence electrons. The second-order valence-electron chi connectivity index (χ2n) is 2.13. The van der Waals surface area contributed by atoms with Crippen molar-refractivity contribution in [2.24, 2.45) is 10.3 Å². The fraction of sp³-hybridized carbons (Fsp3) is 0.333. The molecule has 0 saturated carbocycles. The van der Waals surface area contributed by atoms with Gasteiger partial charge >= 0.3 is 0 Å². The Bertz CT molecular complexity index is 257. The lowest BCUT2D eigenvalue weighted by Gasteiger charge is -2.06. The van der Waals surface area contributed by atoms with Gasteiger partial charge in [-0.3, -0.25) is 0 Å². The fourth-order valence-corrected chi connectivity index (χ4v) is 0.870. The fourth-order valence-electron chi connectivity index (χ4n) is 0.870. The molecule has 1 aliphatic heterocycles. The predicted molar refractivity (Wildman–Crippen MR) is 39.1 cm³/mol. The van der Waals surface area contributed by atoms with Crippen molar-refractivity contribution in [2.75, 3.05) is 18.1 Å². The van der Waals surface area contributed by atoms with Gasteiger partial charge in [-0.2, -0.15) is 5.11 Å². The van der Waals surface area contributed by atoms with Gasteiger partial charge < -0.3 is 0 Å². The number of hydrogen-bond donors (Lipinski definition) is 0. The van der Waals surface area contributed by atoms with E-state index >= 15 is 0 Å². The molecule has 2 heterocycles. The molecule has 0 atom stereocenters. The third-order valence-electron chi connectivity index (χ3n) is 1.37. The van der Waals surface area contributed by atoms with Crippen LogP contribution in [-0.2, 0) is 0 Å². The molecular formula is C6H7N5. The molecule has 5 nitrogen and oxygen atoms in total. The summed E-state index contributed by atoms with van der Waals surface area (Å²) in [6, 6.07) is 1.77. The molecular weight excluding hydrogens is 142 g/mol. The molecule has 0 aromatic carbocycles. The molecule has 0 N–H and O–H groups in total.